The van der Waals surface area contributed by atoms with Gasteiger partial charge in [0.1, 0.15) is 17.6 Å². The first kappa shape index (κ1) is 11.8. The molecule has 0 fully saturated rings. The zero-order valence-electron chi connectivity index (χ0n) is 9.15. The molecule has 1 rings (SSSR count). The van der Waals surface area contributed by atoms with E-state index in [1.165, 1.54) is 14.2 Å². The molecule has 0 aliphatic heterocycles. The van der Waals surface area contributed by atoms with Gasteiger partial charge in [-0.05, 0) is 24.6 Å². The normalized spacial score (nSPS) is 12.3. The summed E-state index contributed by atoms with van der Waals surface area (Å²) in [7, 11) is 3.03. The molecule has 0 saturated heterocycles. The number of aryl methyl sites for hydroxylation is 1. The van der Waals surface area contributed by atoms with Crippen LogP contribution in [-0.2, 0) is 0 Å². The van der Waals surface area contributed by atoms with Crippen LogP contribution >= 0.6 is 0 Å². The summed E-state index contributed by atoms with van der Waals surface area (Å²) in [6.07, 6.45) is -0.990. The summed E-state index contributed by atoms with van der Waals surface area (Å²) in [6.45, 7) is 1.54. The standard InChI is InChI=1S/C11H16O4/c1-7-4-9(14-2)11(8(13)6-12)10(5-7)15-3/h4-5,8,12-13H,6H2,1-3H3. The number of benzene rings is 1. The van der Waals surface area contributed by atoms with Gasteiger partial charge in [-0.3, -0.25) is 0 Å². The second-order valence-electron chi connectivity index (χ2n) is 3.28. The van der Waals surface area contributed by atoms with Crippen LogP contribution in [-0.4, -0.2) is 31.0 Å². The molecule has 0 aromatic heterocycles. The average molecular weight is 212 g/mol. The van der Waals surface area contributed by atoms with E-state index in [0.717, 1.165) is 5.56 Å². The number of rotatable bonds is 4. The Bertz CT molecular complexity index is 310. The summed E-state index contributed by atoms with van der Waals surface area (Å²) in [5.41, 5.74) is 1.45. The van der Waals surface area contributed by atoms with Crippen LogP contribution in [0.3, 0.4) is 0 Å². The van der Waals surface area contributed by atoms with Gasteiger partial charge in [0.05, 0.1) is 26.4 Å². The van der Waals surface area contributed by atoms with Crippen molar-refractivity contribution in [2.45, 2.75) is 13.0 Å². The first-order valence-corrected chi connectivity index (χ1v) is 4.65. The smallest absolute Gasteiger partial charge is 0.128 e. The highest BCUT2D eigenvalue weighted by molar-refractivity contribution is 5.49. The molecular weight excluding hydrogens is 196 g/mol. The second kappa shape index (κ2) is 5.00. The molecule has 84 valence electrons. The number of aliphatic hydroxyl groups excluding tert-OH is 2. The molecule has 0 spiro atoms. The predicted octanol–water partition coefficient (Wildman–Crippen LogP) is 1.04. The lowest BCUT2D eigenvalue weighted by atomic mass is 10.0. The van der Waals surface area contributed by atoms with Crippen molar-refractivity contribution in [3.05, 3.63) is 23.3 Å². The fraction of sp³-hybridized carbons (Fsp3) is 0.455. The Morgan fingerprint density at radius 1 is 1.20 bits per heavy atom. The molecule has 1 atom stereocenters. The first-order valence-electron chi connectivity index (χ1n) is 4.65. The molecule has 0 saturated carbocycles. The van der Waals surface area contributed by atoms with Crippen LogP contribution in [0.25, 0.3) is 0 Å². The Balaban J connectivity index is 3.30. The molecule has 0 heterocycles. The van der Waals surface area contributed by atoms with Crippen molar-refractivity contribution in [3.8, 4) is 11.5 Å². The minimum atomic E-state index is -0.990. The zero-order chi connectivity index (χ0) is 11.4. The summed E-state index contributed by atoms with van der Waals surface area (Å²) >= 11 is 0. The molecule has 0 bridgehead atoms. The van der Waals surface area contributed by atoms with Crippen molar-refractivity contribution in [2.24, 2.45) is 0 Å². The van der Waals surface area contributed by atoms with Crippen LogP contribution < -0.4 is 9.47 Å². The molecule has 0 amide bonds. The van der Waals surface area contributed by atoms with Crippen molar-refractivity contribution in [1.29, 1.82) is 0 Å². The highest BCUT2D eigenvalue weighted by Crippen LogP contribution is 2.35. The summed E-state index contributed by atoms with van der Waals surface area (Å²) in [6, 6.07) is 3.58. The van der Waals surface area contributed by atoms with E-state index in [2.05, 4.69) is 0 Å². The highest BCUT2D eigenvalue weighted by Gasteiger charge is 2.18. The third-order valence-electron chi connectivity index (χ3n) is 2.19. The molecule has 2 N–H and O–H groups in total. The molecule has 1 unspecified atom stereocenters. The fourth-order valence-corrected chi connectivity index (χ4v) is 1.49. The van der Waals surface area contributed by atoms with Gasteiger partial charge in [-0.25, -0.2) is 0 Å². The van der Waals surface area contributed by atoms with Crippen LogP contribution in [0.4, 0.5) is 0 Å². The third-order valence-corrected chi connectivity index (χ3v) is 2.19. The Morgan fingerprint density at radius 2 is 1.67 bits per heavy atom. The Hall–Kier alpha value is -1.26. The van der Waals surface area contributed by atoms with Gasteiger partial charge in [0, 0.05) is 0 Å². The quantitative estimate of drug-likeness (QED) is 0.782. The van der Waals surface area contributed by atoms with Crippen LogP contribution in [0, 0.1) is 6.92 Å². The summed E-state index contributed by atoms with van der Waals surface area (Å²) < 4.78 is 10.3. The maximum absolute atomic E-state index is 9.63. The molecule has 15 heavy (non-hydrogen) atoms. The van der Waals surface area contributed by atoms with E-state index in [0.29, 0.717) is 17.1 Å². The van der Waals surface area contributed by atoms with E-state index in [4.69, 9.17) is 14.6 Å². The fourth-order valence-electron chi connectivity index (χ4n) is 1.49. The Kier molecular flexibility index (Phi) is 3.94. The topological polar surface area (TPSA) is 58.9 Å². The Morgan fingerprint density at radius 3 is 2.00 bits per heavy atom. The van der Waals surface area contributed by atoms with Crippen LogP contribution in [0.5, 0.6) is 11.5 Å². The van der Waals surface area contributed by atoms with Crippen molar-refractivity contribution in [2.75, 3.05) is 20.8 Å². The number of methoxy groups -OCH3 is 2. The van der Waals surface area contributed by atoms with E-state index < -0.39 is 6.10 Å². The molecule has 0 radical (unpaired) electrons. The van der Waals surface area contributed by atoms with E-state index in [-0.39, 0.29) is 6.61 Å². The van der Waals surface area contributed by atoms with Gasteiger partial charge in [0.25, 0.3) is 0 Å². The third kappa shape index (κ3) is 2.40. The van der Waals surface area contributed by atoms with Gasteiger partial charge >= 0.3 is 0 Å². The van der Waals surface area contributed by atoms with Gasteiger partial charge in [-0.15, -0.1) is 0 Å². The maximum atomic E-state index is 9.63. The van der Waals surface area contributed by atoms with Gasteiger partial charge < -0.3 is 19.7 Å². The summed E-state index contributed by atoms with van der Waals surface area (Å²) in [4.78, 5) is 0. The van der Waals surface area contributed by atoms with E-state index in [1.807, 2.05) is 6.92 Å². The number of hydrogen-bond acceptors (Lipinski definition) is 4. The lowest BCUT2D eigenvalue weighted by Crippen LogP contribution is -2.07. The summed E-state index contributed by atoms with van der Waals surface area (Å²) in [5, 5.41) is 18.6. The highest BCUT2D eigenvalue weighted by atomic mass is 16.5. The zero-order valence-corrected chi connectivity index (χ0v) is 9.15. The van der Waals surface area contributed by atoms with Crippen molar-refractivity contribution >= 4 is 0 Å². The predicted molar refractivity (Wildman–Crippen MR) is 56.3 cm³/mol. The van der Waals surface area contributed by atoms with Gasteiger partial charge in [0.2, 0.25) is 0 Å². The van der Waals surface area contributed by atoms with Crippen molar-refractivity contribution in [1.82, 2.24) is 0 Å². The van der Waals surface area contributed by atoms with E-state index >= 15 is 0 Å². The minimum absolute atomic E-state index is 0.365. The second-order valence-corrected chi connectivity index (χ2v) is 3.28. The molecular formula is C11H16O4. The first-order chi connectivity index (χ1) is 7.13. The molecule has 1 aromatic carbocycles. The molecule has 0 aliphatic carbocycles. The van der Waals surface area contributed by atoms with Crippen LogP contribution in [0.2, 0.25) is 0 Å². The SMILES string of the molecule is COc1cc(C)cc(OC)c1C(O)CO. The van der Waals surface area contributed by atoms with E-state index in [9.17, 15) is 5.11 Å². The number of hydrogen-bond donors (Lipinski definition) is 2. The van der Waals surface area contributed by atoms with Crippen molar-refractivity contribution < 1.29 is 19.7 Å². The van der Waals surface area contributed by atoms with Gasteiger partial charge in [0.15, 0.2) is 0 Å². The monoisotopic (exact) mass is 212 g/mol. The van der Waals surface area contributed by atoms with Crippen molar-refractivity contribution in [3.63, 3.8) is 0 Å². The Labute approximate surface area is 89.1 Å². The minimum Gasteiger partial charge on any atom is -0.496 e. The lowest BCUT2D eigenvalue weighted by Gasteiger charge is -2.17. The largest absolute Gasteiger partial charge is 0.496 e. The van der Waals surface area contributed by atoms with E-state index in [1.54, 1.807) is 12.1 Å². The van der Waals surface area contributed by atoms with Gasteiger partial charge in [-0.2, -0.15) is 0 Å². The molecule has 0 aliphatic rings. The van der Waals surface area contributed by atoms with Crippen LogP contribution in [0.1, 0.15) is 17.2 Å². The lowest BCUT2D eigenvalue weighted by molar-refractivity contribution is 0.0909. The number of ether oxygens (including phenoxy) is 2. The molecule has 1 aromatic rings. The van der Waals surface area contributed by atoms with Crippen LogP contribution in [0.15, 0.2) is 12.1 Å². The maximum Gasteiger partial charge on any atom is 0.128 e. The van der Waals surface area contributed by atoms with Gasteiger partial charge in [-0.1, -0.05) is 0 Å². The number of aliphatic hydroxyl groups is 2. The summed E-state index contributed by atoms with van der Waals surface area (Å²) in [5.74, 6) is 1.04. The molecule has 4 heteroatoms. The average Bonchev–Trinajstić information content (AvgIpc) is 2.26. The molecule has 4 nitrogen and oxygen atoms in total.